The van der Waals surface area contributed by atoms with Crippen LogP contribution < -0.4 is 5.56 Å². The monoisotopic (exact) mass is 421 g/mol. The molecule has 1 amide bonds. The predicted molar refractivity (Wildman–Crippen MR) is 104 cm³/mol. The molecule has 0 saturated carbocycles. The number of H-pyrrole nitrogens is 1. The number of nitrogens with zero attached hydrogens (tertiary/aromatic N) is 2. The van der Waals surface area contributed by atoms with Crippen molar-refractivity contribution in [3.63, 3.8) is 0 Å². The molecule has 1 saturated heterocycles. The number of carbonyl (C=O) groups excluding carboxylic acids is 1. The second-order valence-electron chi connectivity index (χ2n) is 7.18. The Balaban J connectivity index is 1.64. The van der Waals surface area contributed by atoms with Crippen LogP contribution in [-0.2, 0) is 6.18 Å². The summed E-state index contributed by atoms with van der Waals surface area (Å²) in [4.78, 5) is 35.0. The quantitative estimate of drug-likeness (QED) is 0.670. The summed E-state index contributed by atoms with van der Waals surface area (Å²) in [5.41, 5.74) is -0.990. The van der Waals surface area contributed by atoms with Gasteiger partial charge in [-0.25, -0.2) is 4.98 Å². The van der Waals surface area contributed by atoms with Crippen LogP contribution in [0.15, 0.2) is 35.1 Å². The third kappa shape index (κ3) is 3.91. The fourth-order valence-corrected chi connectivity index (χ4v) is 4.49. The summed E-state index contributed by atoms with van der Waals surface area (Å²) in [6, 6.07) is 7.14. The lowest BCUT2D eigenvalue weighted by molar-refractivity contribution is -0.140. The number of alkyl halides is 3. The second-order valence-corrected chi connectivity index (χ2v) is 8.47. The molecule has 1 aliphatic heterocycles. The molecule has 0 aliphatic carbocycles. The van der Waals surface area contributed by atoms with Crippen molar-refractivity contribution in [1.82, 2.24) is 14.9 Å². The number of piperidine rings is 1. The molecule has 0 aromatic carbocycles. The van der Waals surface area contributed by atoms with E-state index < -0.39 is 17.4 Å². The second kappa shape index (κ2) is 7.29. The zero-order valence-electron chi connectivity index (χ0n) is 15.5. The number of rotatable bonds is 2. The Labute approximate surface area is 168 Å². The number of hydrogen-bond acceptors (Lipinski definition) is 4. The van der Waals surface area contributed by atoms with Gasteiger partial charge in [0.2, 0.25) is 0 Å². The molecule has 3 aromatic rings. The molecule has 5 nitrogen and oxygen atoms in total. The number of likely N-dealkylation sites (tertiary alicyclic amines) is 1. The van der Waals surface area contributed by atoms with Gasteiger partial charge < -0.3 is 9.88 Å². The fraction of sp³-hybridized carbons (Fsp3) is 0.350. The minimum absolute atomic E-state index is 0.0101. The standard InChI is InChI=1S/C20H18F3N3O2S/c1-11-4-6-16(29-11)19(28)26-8-2-3-12(10-26)14-9-15-13(18(27)25-14)5-7-17(24-15)20(21,22)23/h4-7,9,12H,2-3,8,10H2,1H3,(H,25,27)/t12-/m0/s1. The highest BCUT2D eigenvalue weighted by molar-refractivity contribution is 7.13. The third-order valence-electron chi connectivity index (χ3n) is 5.11. The highest BCUT2D eigenvalue weighted by Gasteiger charge is 2.33. The van der Waals surface area contributed by atoms with E-state index in [-0.39, 0.29) is 22.7 Å². The number of hydrogen-bond donors (Lipinski definition) is 1. The highest BCUT2D eigenvalue weighted by atomic mass is 32.1. The average Bonchev–Trinajstić information content (AvgIpc) is 3.12. The van der Waals surface area contributed by atoms with Crippen LogP contribution in [0.5, 0.6) is 0 Å². The summed E-state index contributed by atoms with van der Waals surface area (Å²) in [5, 5.41) is 0.111. The summed E-state index contributed by atoms with van der Waals surface area (Å²) < 4.78 is 38.9. The van der Waals surface area contributed by atoms with Crippen LogP contribution in [-0.4, -0.2) is 33.9 Å². The number of nitrogens with one attached hydrogen (secondary N) is 1. The Hall–Kier alpha value is -2.68. The van der Waals surface area contributed by atoms with Gasteiger partial charge in [0.15, 0.2) is 0 Å². The van der Waals surface area contributed by atoms with Gasteiger partial charge >= 0.3 is 6.18 Å². The molecule has 0 bridgehead atoms. The van der Waals surface area contributed by atoms with Gasteiger partial charge in [-0.2, -0.15) is 13.2 Å². The van der Waals surface area contributed by atoms with E-state index in [1.165, 1.54) is 17.4 Å². The Morgan fingerprint density at radius 1 is 1.28 bits per heavy atom. The Morgan fingerprint density at radius 2 is 2.07 bits per heavy atom. The average molecular weight is 421 g/mol. The molecular formula is C20H18F3N3O2S. The number of aromatic amines is 1. The molecule has 0 spiro atoms. The van der Waals surface area contributed by atoms with E-state index in [1.54, 1.807) is 11.0 Å². The maximum Gasteiger partial charge on any atom is 0.433 e. The summed E-state index contributed by atoms with van der Waals surface area (Å²) in [6.45, 7) is 2.94. The van der Waals surface area contributed by atoms with Crippen molar-refractivity contribution in [3.05, 3.63) is 61.8 Å². The molecule has 3 aromatic heterocycles. The van der Waals surface area contributed by atoms with Crippen molar-refractivity contribution in [3.8, 4) is 0 Å². The summed E-state index contributed by atoms with van der Waals surface area (Å²) in [5.74, 6) is -0.226. The van der Waals surface area contributed by atoms with Gasteiger partial charge in [-0.3, -0.25) is 9.59 Å². The number of aromatic nitrogens is 2. The Morgan fingerprint density at radius 3 is 2.76 bits per heavy atom. The van der Waals surface area contributed by atoms with Crippen LogP contribution in [0.2, 0.25) is 0 Å². The molecule has 0 radical (unpaired) electrons. The fourth-order valence-electron chi connectivity index (χ4n) is 3.66. The van der Waals surface area contributed by atoms with Crippen LogP contribution in [0.25, 0.3) is 10.9 Å². The van der Waals surface area contributed by atoms with Gasteiger partial charge in [0.1, 0.15) is 5.69 Å². The normalized spacial score (nSPS) is 17.7. The Bertz CT molecular complexity index is 1140. The summed E-state index contributed by atoms with van der Waals surface area (Å²) in [6.07, 6.45) is -3.10. The van der Waals surface area contributed by atoms with Crippen LogP contribution >= 0.6 is 11.3 Å². The number of pyridine rings is 2. The molecule has 1 atom stereocenters. The molecule has 4 heterocycles. The molecule has 29 heavy (non-hydrogen) atoms. The minimum Gasteiger partial charge on any atom is -0.337 e. The number of amides is 1. The van der Waals surface area contributed by atoms with E-state index in [9.17, 15) is 22.8 Å². The van der Waals surface area contributed by atoms with E-state index in [0.29, 0.717) is 23.7 Å². The van der Waals surface area contributed by atoms with E-state index in [4.69, 9.17) is 0 Å². The minimum atomic E-state index is -4.58. The third-order valence-corrected chi connectivity index (χ3v) is 6.10. The van der Waals surface area contributed by atoms with Crippen molar-refractivity contribution in [2.24, 2.45) is 0 Å². The molecule has 0 unspecified atom stereocenters. The molecule has 1 N–H and O–H groups in total. The number of halogens is 3. The first-order valence-corrected chi connectivity index (χ1v) is 10.0. The molecule has 9 heteroatoms. The lowest BCUT2D eigenvalue weighted by atomic mass is 9.93. The van der Waals surface area contributed by atoms with Gasteiger partial charge in [0.25, 0.3) is 11.5 Å². The first-order chi connectivity index (χ1) is 13.7. The Kier molecular flexibility index (Phi) is 4.94. The van der Waals surface area contributed by atoms with Crippen molar-refractivity contribution >= 4 is 28.1 Å². The van der Waals surface area contributed by atoms with Crippen molar-refractivity contribution in [1.29, 1.82) is 0 Å². The van der Waals surface area contributed by atoms with Crippen LogP contribution in [0.1, 0.15) is 44.7 Å². The predicted octanol–water partition coefficient (Wildman–Crippen LogP) is 4.33. The van der Waals surface area contributed by atoms with Crippen molar-refractivity contribution < 1.29 is 18.0 Å². The van der Waals surface area contributed by atoms with Crippen LogP contribution in [0.3, 0.4) is 0 Å². The number of aryl methyl sites for hydroxylation is 1. The summed E-state index contributed by atoms with van der Waals surface area (Å²) in [7, 11) is 0. The van der Waals surface area contributed by atoms with Gasteiger partial charge in [-0.05, 0) is 50.1 Å². The lowest BCUT2D eigenvalue weighted by Crippen LogP contribution is -2.39. The maximum atomic E-state index is 13.0. The van der Waals surface area contributed by atoms with Crippen molar-refractivity contribution in [2.45, 2.75) is 31.9 Å². The smallest absolute Gasteiger partial charge is 0.337 e. The first-order valence-electron chi connectivity index (χ1n) is 9.19. The molecular weight excluding hydrogens is 403 g/mol. The maximum absolute atomic E-state index is 13.0. The first kappa shape index (κ1) is 19.6. The number of carbonyl (C=O) groups is 1. The van der Waals surface area contributed by atoms with E-state index in [0.717, 1.165) is 29.9 Å². The van der Waals surface area contributed by atoms with Gasteiger partial charge in [-0.15, -0.1) is 11.3 Å². The van der Waals surface area contributed by atoms with Gasteiger partial charge in [0.05, 0.1) is 15.8 Å². The van der Waals surface area contributed by atoms with E-state index in [2.05, 4.69) is 9.97 Å². The van der Waals surface area contributed by atoms with Crippen LogP contribution in [0, 0.1) is 6.92 Å². The molecule has 152 valence electrons. The number of fused-ring (bicyclic) bond motifs is 1. The molecule has 1 fully saturated rings. The molecule has 1 aliphatic rings. The lowest BCUT2D eigenvalue weighted by Gasteiger charge is -2.32. The van der Waals surface area contributed by atoms with E-state index >= 15 is 0 Å². The largest absolute Gasteiger partial charge is 0.433 e. The molecule has 4 rings (SSSR count). The van der Waals surface area contributed by atoms with Gasteiger partial charge in [0, 0.05) is 29.6 Å². The topological polar surface area (TPSA) is 66.1 Å². The summed E-state index contributed by atoms with van der Waals surface area (Å²) >= 11 is 1.43. The van der Waals surface area contributed by atoms with E-state index in [1.807, 2.05) is 13.0 Å². The highest BCUT2D eigenvalue weighted by Crippen LogP contribution is 2.31. The zero-order chi connectivity index (χ0) is 20.8. The van der Waals surface area contributed by atoms with Gasteiger partial charge in [-0.1, -0.05) is 0 Å². The van der Waals surface area contributed by atoms with Crippen LogP contribution in [0.4, 0.5) is 13.2 Å². The van der Waals surface area contributed by atoms with Crippen molar-refractivity contribution in [2.75, 3.05) is 13.1 Å². The zero-order valence-corrected chi connectivity index (χ0v) is 16.4. The number of thiophene rings is 1. The SMILES string of the molecule is Cc1ccc(C(=O)N2CCC[C@H](c3cc4nc(C(F)(F)F)ccc4c(=O)[nH]3)C2)s1.